The third kappa shape index (κ3) is 7.42. The molecule has 0 fully saturated rings. The maximum Gasteiger partial charge on any atom is 0.335 e. The minimum Gasteiger partial charge on any atom is -0.478 e. The lowest BCUT2D eigenvalue weighted by Gasteiger charge is -2.02. The minimum absolute atomic E-state index is 0.111. The van der Waals surface area contributed by atoms with Gasteiger partial charge in [-0.2, -0.15) is 0 Å². The topological polar surface area (TPSA) is 141 Å². The molecule has 124 valence electrons. The highest BCUT2D eigenvalue weighted by Crippen LogP contribution is 2.11. The van der Waals surface area contributed by atoms with E-state index in [1.165, 1.54) is 6.08 Å². The summed E-state index contributed by atoms with van der Waals surface area (Å²) in [5.41, 5.74) is -1.10. The summed E-state index contributed by atoms with van der Waals surface area (Å²) in [6, 6.07) is 2.91. The summed E-state index contributed by atoms with van der Waals surface area (Å²) in [6.45, 7) is 7.11. The van der Waals surface area contributed by atoms with Crippen LogP contribution in [0.25, 0.3) is 0 Å². The van der Waals surface area contributed by atoms with Gasteiger partial charge in [0, 0.05) is 6.04 Å². The van der Waals surface area contributed by atoms with Gasteiger partial charge in [-0.05, 0) is 38.1 Å². The van der Waals surface area contributed by atoms with Crippen LogP contribution in [-0.2, 0) is 4.79 Å². The van der Waals surface area contributed by atoms with Crippen LogP contribution in [0.15, 0.2) is 30.9 Å². The van der Waals surface area contributed by atoms with Crippen molar-refractivity contribution < 1.29 is 34.5 Å². The zero-order valence-electron chi connectivity index (χ0n) is 12.6. The number of carboxylic acid groups (broad SMARTS) is 3. The molecule has 0 radical (unpaired) electrons. The van der Waals surface area contributed by atoms with E-state index in [4.69, 9.17) is 15.3 Å². The van der Waals surface area contributed by atoms with Gasteiger partial charge in [-0.25, -0.2) is 14.4 Å². The average Bonchev–Trinajstić information content (AvgIpc) is 2.46. The van der Waals surface area contributed by atoms with E-state index in [1.807, 2.05) is 13.8 Å². The molecule has 1 aromatic rings. The smallest absolute Gasteiger partial charge is 0.335 e. The van der Waals surface area contributed by atoms with Crippen LogP contribution in [0.4, 0.5) is 0 Å². The van der Waals surface area contributed by atoms with Crippen molar-refractivity contribution in [1.82, 2.24) is 5.32 Å². The molecule has 0 bridgehead atoms. The lowest BCUT2D eigenvalue weighted by molar-refractivity contribution is -0.116. The van der Waals surface area contributed by atoms with Crippen LogP contribution in [0.3, 0.4) is 0 Å². The first-order valence-corrected chi connectivity index (χ1v) is 6.36. The lowest BCUT2D eigenvalue weighted by Crippen LogP contribution is -2.27. The fourth-order valence-corrected chi connectivity index (χ4v) is 1.34. The van der Waals surface area contributed by atoms with Crippen molar-refractivity contribution in [3.05, 3.63) is 47.5 Å². The summed E-state index contributed by atoms with van der Waals surface area (Å²) in [4.78, 5) is 42.1. The van der Waals surface area contributed by atoms with Crippen molar-refractivity contribution in [1.29, 1.82) is 0 Å². The Bertz CT molecular complexity index is 556. The number of aromatic carboxylic acids is 3. The molecule has 0 unspecified atom stereocenters. The predicted octanol–water partition coefficient (Wildman–Crippen LogP) is 1.48. The van der Waals surface area contributed by atoms with Gasteiger partial charge in [0.2, 0.25) is 5.91 Å². The number of benzene rings is 1. The molecule has 1 amide bonds. The fraction of sp³-hybridized carbons (Fsp3) is 0.200. The van der Waals surface area contributed by atoms with E-state index < -0.39 is 17.9 Å². The molecule has 0 atom stereocenters. The van der Waals surface area contributed by atoms with Crippen LogP contribution in [0.2, 0.25) is 0 Å². The van der Waals surface area contributed by atoms with Crippen LogP contribution in [0.5, 0.6) is 0 Å². The first-order valence-electron chi connectivity index (χ1n) is 6.36. The number of carbonyl (C=O) groups excluding carboxylic acids is 1. The Hall–Kier alpha value is -3.16. The third-order valence-corrected chi connectivity index (χ3v) is 2.29. The molecule has 8 heteroatoms. The summed E-state index contributed by atoms with van der Waals surface area (Å²) in [5.74, 6) is -4.23. The molecule has 23 heavy (non-hydrogen) atoms. The maximum atomic E-state index is 10.6. The summed E-state index contributed by atoms with van der Waals surface area (Å²) < 4.78 is 0. The van der Waals surface area contributed by atoms with E-state index in [9.17, 15) is 19.2 Å². The Morgan fingerprint density at radius 3 is 1.35 bits per heavy atom. The number of carboxylic acids is 3. The van der Waals surface area contributed by atoms with Gasteiger partial charge >= 0.3 is 17.9 Å². The van der Waals surface area contributed by atoms with Gasteiger partial charge in [0.05, 0.1) is 16.7 Å². The Balaban J connectivity index is 0.000000515. The van der Waals surface area contributed by atoms with E-state index in [2.05, 4.69) is 11.9 Å². The summed E-state index contributed by atoms with van der Waals surface area (Å²) in [7, 11) is 0. The van der Waals surface area contributed by atoms with E-state index in [0.29, 0.717) is 0 Å². The van der Waals surface area contributed by atoms with Crippen LogP contribution >= 0.6 is 0 Å². The standard InChI is InChI=1S/C9H6O6.C6H11NO/c10-7(11)4-1-5(8(12)13)3-6(2-4)9(14)15;1-4-6(8)7-5(2)3/h1-3H,(H,10,11)(H,12,13)(H,14,15);4-5H,1H2,2-3H3,(H,7,8). The third-order valence-electron chi connectivity index (χ3n) is 2.29. The zero-order valence-corrected chi connectivity index (χ0v) is 12.6. The van der Waals surface area contributed by atoms with Crippen LogP contribution in [-0.4, -0.2) is 45.2 Å². The molecule has 0 aliphatic carbocycles. The predicted molar refractivity (Wildman–Crippen MR) is 80.8 cm³/mol. The monoisotopic (exact) mass is 323 g/mol. The first-order chi connectivity index (χ1) is 10.6. The van der Waals surface area contributed by atoms with Crippen molar-refractivity contribution >= 4 is 23.8 Å². The molecular weight excluding hydrogens is 306 g/mol. The largest absolute Gasteiger partial charge is 0.478 e. The van der Waals surface area contributed by atoms with Gasteiger partial charge in [0.1, 0.15) is 0 Å². The van der Waals surface area contributed by atoms with Gasteiger partial charge in [-0.3, -0.25) is 4.79 Å². The fourth-order valence-electron chi connectivity index (χ4n) is 1.34. The molecule has 0 saturated carbocycles. The number of carbonyl (C=O) groups is 4. The molecular formula is C15H17NO7. The molecule has 0 spiro atoms. The molecule has 0 aliphatic rings. The van der Waals surface area contributed by atoms with Crippen molar-refractivity contribution in [2.24, 2.45) is 0 Å². The highest BCUT2D eigenvalue weighted by atomic mass is 16.4. The second kappa shape index (κ2) is 8.98. The number of hydrogen-bond acceptors (Lipinski definition) is 4. The second-order valence-corrected chi connectivity index (χ2v) is 4.58. The first kappa shape index (κ1) is 19.8. The van der Waals surface area contributed by atoms with Gasteiger partial charge in [0.15, 0.2) is 0 Å². The molecule has 8 nitrogen and oxygen atoms in total. The zero-order chi connectivity index (χ0) is 18.2. The SMILES string of the molecule is C=CC(=O)NC(C)C.O=C(O)c1cc(C(=O)O)cc(C(=O)O)c1. The Kier molecular flexibility index (Phi) is 7.75. The van der Waals surface area contributed by atoms with Gasteiger partial charge in [-0.1, -0.05) is 6.58 Å². The van der Waals surface area contributed by atoms with E-state index in [-0.39, 0.29) is 28.6 Å². The summed E-state index contributed by atoms with van der Waals surface area (Å²) in [6.07, 6.45) is 1.26. The minimum atomic E-state index is -1.37. The molecule has 0 saturated heterocycles. The molecule has 0 aromatic heterocycles. The Morgan fingerprint density at radius 2 is 1.22 bits per heavy atom. The van der Waals surface area contributed by atoms with Crippen LogP contribution in [0, 0.1) is 0 Å². The van der Waals surface area contributed by atoms with Crippen molar-refractivity contribution in [2.75, 3.05) is 0 Å². The van der Waals surface area contributed by atoms with Gasteiger partial charge in [-0.15, -0.1) is 0 Å². The maximum absolute atomic E-state index is 10.6. The average molecular weight is 323 g/mol. The molecule has 0 aliphatic heterocycles. The van der Waals surface area contributed by atoms with E-state index >= 15 is 0 Å². The normalized spacial score (nSPS) is 9.35. The highest BCUT2D eigenvalue weighted by molar-refractivity contribution is 5.98. The number of rotatable bonds is 5. The van der Waals surface area contributed by atoms with Crippen molar-refractivity contribution in [2.45, 2.75) is 19.9 Å². The Morgan fingerprint density at radius 1 is 0.913 bits per heavy atom. The lowest BCUT2D eigenvalue weighted by atomic mass is 10.1. The number of amides is 1. The summed E-state index contributed by atoms with van der Waals surface area (Å²) >= 11 is 0. The molecule has 4 N–H and O–H groups in total. The Labute approximate surface area is 132 Å². The number of nitrogens with one attached hydrogen (secondary N) is 1. The van der Waals surface area contributed by atoms with E-state index in [0.717, 1.165) is 18.2 Å². The van der Waals surface area contributed by atoms with Crippen LogP contribution < -0.4 is 5.32 Å². The number of hydrogen-bond donors (Lipinski definition) is 4. The second-order valence-electron chi connectivity index (χ2n) is 4.58. The molecule has 0 heterocycles. The van der Waals surface area contributed by atoms with Gasteiger partial charge in [0.25, 0.3) is 0 Å². The summed E-state index contributed by atoms with van der Waals surface area (Å²) in [5, 5.41) is 28.5. The van der Waals surface area contributed by atoms with Crippen molar-refractivity contribution in [3.63, 3.8) is 0 Å². The molecule has 1 aromatic carbocycles. The van der Waals surface area contributed by atoms with E-state index in [1.54, 1.807) is 0 Å². The molecule has 1 rings (SSSR count). The van der Waals surface area contributed by atoms with Crippen molar-refractivity contribution in [3.8, 4) is 0 Å². The quantitative estimate of drug-likeness (QED) is 0.601. The van der Waals surface area contributed by atoms with Gasteiger partial charge < -0.3 is 20.6 Å². The van der Waals surface area contributed by atoms with Crippen LogP contribution in [0.1, 0.15) is 44.9 Å². The highest BCUT2D eigenvalue weighted by Gasteiger charge is 2.14.